The molecule has 2 atom stereocenters. The highest BCUT2D eigenvalue weighted by Gasteiger charge is 2.30. The van der Waals surface area contributed by atoms with Crippen molar-refractivity contribution < 1.29 is 9.84 Å². The van der Waals surface area contributed by atoms with Crippen molar-refractivity contribution in [1.82, 2.24) is 5.32 Å². The summed E-state index contributed by atoms with van der Waals surface area (Å²) in [5.74, 6) is 1.50. The topological polar surface area (TPSA) is 41.5 Å². The van der Waals surface area contributed by atoms with Crippen LogP contribution in [0.2, 0.25) is 0 Å². The molecule has 0 heterocycles. The summed E-state index contributed by atoms with van der Waals surface area (Å²) in [4.78, 5) is 0. The lowest BCUT2D eigenvalue weighted by Crippen LogP contribution is -2.39. The zero-order valence-electron chi connectivity index (χ0n) is 11.6. The number of fused-ring (bicyclic) bond motifs is 1. The number of hydrogen-bond donors (Lipinski definition) is 2. The summed E-state index contributed by atoms with van der Waals surface area (Å²) in [5, 5.41) is 13.4. The van der Waals surface area contributed by atoms with Gasteiger partial charge in [0.15, 0.2) is 0 Å². The zero-order valence-corrected chi connectivity index (χ0v) is 11.6. The second-order valence-electron chi connectivity index (χ2n) is 5.89. The van der Waals surface area contributed by atoms with Crippen LogP contribution in [0.5, 0.6) is 5.75 Å². The Morgan fingerprint density at radius 2 is 2.16 bits per heavy atom. The van der Waals surface area contributed by atoms with Crippen LogP contribution in [0.1, 0.15) is 30.4 Å². The maximum Gasteiger partial charge on any atom is 0.119 e. The van der Waals surface area contributed by atoms with Crippen LogP contribution >= 0.6 is 0 Å². The molecule has 0 radical (unpaired) electrons. The summed E-state index contributed by atoms with van der Waals surface area (Å²) in [5.41, 5.74) is 2.84. The first kappa shape index (κ1) is 12.9. The smallest absolute Gasteiger partial charge is 0.119 e. The van der Waals surface area contributed by atoms with Gasteiger partial charge in [-0.25, -0.2) is 0 Å². The van der Waals surface area contributed by atoms with Gasteiger partial charge in [-0.3, -0.25) is 0 Å². The van der Waals surface area contributed by atoms with Crippen molar-refractivity contribution in [3.05, 3.63) is 29.3 Å². The van der Waals surface area contributed by atoms with Crippen molar-refractivity contribution in [2.24, 2.45) is 5.92 Å². The third-order valence-electron chi connectivity index (χ3n) is 4.42. The molecule has 3 heteroatoms. The second-order valence-corrected chi connectivity index (χ2v) is 5.89. The Morgan fingerprint density at radius 1 is 1.32 bits per heavy atom. The number of aliphatic hydroxyl groups excluding tert-OH is 1. The lowest BCUT2D eigenvalue weighted by atomic mass is 9.88. The Hall–Kier alpha value is -1.06. The van der Waals surface area contributed by atoms with Gasteiger partial charge in [-0.15, -0.1) is 0 Å². The lowest BCUT2D eigenvalue weighted by molar-refractivity contribution is 0.143. The molecule has 2 aliphatic rings. The van der Waals surface area contributed by atoms with E-state index in [0.717, 1.165) is 31.6 Å². The van der Waals surface area contributed by atoms with Crippen molar-refractivity contribution in [2.75, 3.05) is 13.7 Å². The number of aryl methyl sites for hydroxylation is 1. The molecular weight excluding hydrogens is 238 g/mol. The maximum absolute atomic E-state index is 9.91. The van der Waals surface area contributed by atoms with Crippen molar-refractivity contribution >= 4 is 0 Å². The zero-order chi connectivity index (χ0) is 13.2. The highest BCUT2D eigenvalue weighted by atomic mass is 16.5. The number of methoxy groups -OCH3 is 1. The number of rotatable bonds is 5. The van der Waals surface area contributed by atoms with Gasteiger partial charge in [-0.05, 0) is 61.3 Å². The Bertz CT molecular complexity index is 442. The Morgan fingerprint density at radius 3 is 2.89 bits per heavy atom. The monoisotopic (exact) mass is 261 g/mol. The van der Waals surface area contributed by atoms with Gasteiger partial charge in [0.25, 0.3) is 0 Å². The lowest BCUT2D eigenvalue weighted by Gasteiger charge is -2.27. The minimum Gasteiger partial charge on any atom is -0.497 e. The summed E-state index contributed by atoms with van der Waals surface area (Å²) in [6, 6.07) is 6.88. The highest BCUT2D eigenvalue weighted by molar-refractivity contribution is 5.37. The molecule has 3 nitrogen and oxygen atoms in total. The molecule has 2 unspecified atom stereocenters. The number of aliphatic hydroxyl groups is 1. The molecular formula is C16H23NO2. The quantitative estimate of drug-likeness (QED) is 0.851. The molecule has 1 saturated carbocycles. The largest absolute Gasteiger partial charge is 0.497 e. The van der Waals surface area contributed by atoms with E-state index >= 15 is 0 Å². The van der Waals surface area contributed by atoms with Crippen molar-refractivity contribution in [3.63, 3.8) is 0 Å². The normalized spacial score (nSPS) is 23.8. The van der Waals surface area contributed by atoms with Gasteiger partial charge >= 0.3 is 0 Å². The van der Waals surface area contributed by atoms with Crippen LogP contribution in [0.3, 0.4) is 0 Å². The van der Waals surface area contributed by atoms with Crippen LogP contribution in [0.25, 0.3) is 0 Å². The van der Waals surface area contributed by atoms with E-state index < -0.39 is 0 Å². The molecule has 1 aromatic rings. The van der Waals surface area contributed by atoms with Gasteiger partial charge in [-0.2, -0.15) is 0 Å². The number of nitrogens with one attached hydrogen (secondary N) is 1. The first-order valence-corrected chi connectivity index (χ1v) is 7.33. The molecule has 3 rings (SSSR count). The van der Waals surface area contributed by atoms with E-state index in [2.05, 4.69) is 17.4 Å². The number of benzene rings is 1. The van der Waals surface area contributed by atoms with E-state index in [1.807, 2.05) is 6.07 Å². The molecule has 104 valence electrons. The van der Waals surface area contributed by atoms with Gasteiger partial charge in [-0.1, -0.05) is 6.07 Å². The van der Waals surface area contributed by atoms with Gasteiger partial charge in [0.05, 0.1) is 13.2 Å². The second kappa shape index (κ2) is 5.51. The van der Waals surface area contributed by atoms with E-state index in [0.29, 0.717) is 12.0 Å². The molecule has 1 fully saturated rings. The standard InChI is InChI=1S/C16H23NO2/c1-19-15-7-5-11-4-6-14(8-13(11)9-15)17-10-16(18)12-2-3-12/h5,7,9,12,14,16-18H,2-4,6,8,10H2,1H3. The van der Waals surface area contributed by atoms with E-state index in [1.165, 1.54) is 24.0 Å². The summed E-state index contributed by atoms with van der Waals surface area (Å²) < 4.78 is 5.29. The van der Waals surface area contributed by atoms with Crippen LogP contribution in [0, 0.1) is 5.92 Å². The predicted octanol–water partition coefficient (Wildman–Crippen LogP) is 1.91. The molecule has 0 aromatic heterocycles. The number of ether oxygens (including phenoxy) is 1. The van der Waals surface area contributed by atoms with Gasteiger partial charge in [0, 0.05) is 12.6 Å². The third kappa shape index (κ3) is 3.10. The van der Waals surface area contributed by atoms with E-state index in [9.17, 15) is 5.11 Å². The Balaban J connectivity index is 1.57. The molecule has 1 aromatic carbocycles. The Labute approximate surface area is 115 Å². The minimum absolute atomic E-state index is 0.147. The first-order valence-electron chi connectivity index (χ1n) is 7.33. The first-order chi connectivity index (χ1) is 9.26. The van der Waals surface area contributed by atoms with Crippen LogP contribution in [0.4, 0.5) is 0 Å². The molecule has 0 bridgehead atoms. The van der Waals surface area contributed by atoms with Crippen molar-refractivity contribution in [1.29, 1.82) is 0 Å². The average Bonchev–Trinajstić information content (AvgIpc) is 3.28. The molecule has 2 N–H and O–H groups in total. The van der Waals surface area contributed by atoms with E-state index in [-0.39, 0.29) is 6.10 Å². The SMILES string of the molecule is COc1ccc2c(c1)CC(NCC(O)C1CC1)CC2. The van der Waals surface area contributed by atoms with Crippen molar-refractivity contribution in [2.45, 2.75) is 44.2 Å². The molecule has 0 saturated heterocycles. The maximum atomic E-state index is 9.91. The summed E-state index contributed by atoms with van der Waals surface area (Å²) >= 11 is 0. The van der Waals surface area contributed by atoms with Crippen molar-refractivity contribution in [3.8, 4) is 5.75 Å². The number of hydrogen-bond acceptors (Lipinski definition) is 3. The fourth-order valence-electron chi connectivity index (χ4n) is 2.97. The summed E-state index contributed by atoms with van der Waals surface area (Å²) in [6.07, 6.45) is 5.59. The molecule has 0 aliphatic heterocycles. The van der Waals surface area contributed by atoms with Crippen LogP contribution in [0.15, 0.2) is 18.2 Å². The fourth-order valence-corrected chi connectivity index (χ4v) is 2.97. The van der Waals surface area contributed by atoms with Crippen LogP contribution in [-0.2, 0) is 12.8 Å². The van der Waals surface area contributed by atoms with Gasteiger partial charge in [0.1, 0.15) is 5.75 Å². The van der Waals surface area contributed by atoms with E-state index in [1.54, 1.807) is 7.11 Å². The van der Waals surface area contributed by atoms with Crippen LogP contribution in [-0.4, -0.2) is 30.9 Å². The average molecular weight is 261 g/mol. The minimum atomic E-state index is -0.147. The third-order valence-corrected chi connectivity index (χ3v) is 4.42. The highest BCUT2D eigenvalue weighted by Crippen LogP contribution is 2.32. The summed E-state index contributed by atoms with van der Waals surface area (Å²) in [6.45, 7) is 0.745. The molecule has 0 amide bonds. The molecule has 2 aliphatic carbocycles. The van der Waals surface area contributed by atoms with E-state index in [4.69, 9.17) is 4.74 Å². The summed E-state index contributed by atoms with van der Waals surface area (Å²) in [7, 11) is 1.71. The predicted molar refractivity (Wildman–Crippen MR) is 75.5 cm³/mol. The van der Waals surface area contributed by atoms with Gasteiger partial charge in [0.2, 0.25) is 0 Å². The van der Waals surface area contributed by atoms with Crippen LogP contribution < -0.4 is 10.1 Å². The molecule has 0 spiro atoms. The van der Waals surface area contributed by atoms with Gasteiger partial charge < -0.3 is 15.2 Å². The fraction of sp³-hybridized carbons (Fsp3) is 0.625. The Kier molecular flexibility index (Phi) is 3.76. The molecule has 19 heavy (non-hydrogen) atoms.